The van der Waals surface area contributed by atoms with E-state index in [4.69, 9.17) is 4.74 Å². The molecule has 10 heavy (non-hydrogen) atoms. The zero-order valence-electron chi connectivity index (χ0n) is 6.61. The standard InChI is InChI=1S/C7H13BrO2/c1-7(2,10-3)4-6(9)5-8/h4-5H2,1-3H3. The van der Waals surface area contributed by atoms with Crippen LogP contribution < -0.4 is 0 Å². The molecule has 0 aromatic carbocycles. The summed E-state index contributed by atoms with van der Waals surface area (Å²) in [5.74, 6) is 0.173. The number of alkyl halides is 1. The molecule has 0 unspecified atom stereocenters. The van der Waals surface area contributed by atoms with Crippen molar-refractivity contribution >= 4 is 21.7 Å². The average Bonchev–Trinajstić information content (AvgIpc) is 1.87. The fourth-order valence-corrected chi connectivity index (χ4v) is 0.792. The molecule has 0 aliphatic carbocycles. The molecule has 0 saturated heterocycles. The van der Waals surface area contributed by atoms with Crippen LogP contribution in [0.4, 0.5) is 0 Å². The Bertz CT molecular complexity index is 121. The van der Waals surface area contributed by atoms with Gasteiger partial charge in [0, 0.05) is 13.5 Å². The Morgan fingerprint density at radius 1 is 1.60 bits per heavy atom. The van der Waals surface area contributed by atoms with Gasteiger partial charge in [0.1, 0.15) is 5.78 Å². The highest BCUT2D eigenvalue weighted by molar-refractivity contribution is 9.09. The van der Waals surface area contributed by atoms with Crippen molar-refractivity contribution in [2.45, 2.75) is 25.9 Å². The van der Waals surface area contributed by atoms with Gasteiger partial charge in [0.05, 0.1) is 10.9 Å². The van der Waals surface area contributed by atoms with Gasteiger partial charge in [-0.3, -0.25) is 4.79 Å². The Labute approximate surface area is 70.1 Å². The van der Waals surface area contributed by atoms with E-state index in [-0.39, 0.29) is 11.4 Å². The molecular weight excluding hydrogens is 196 g/mol. The summed E-state index contributed by atoms with van der Waals surface area (Å²) in [6, 6.07) is 0. The van der Waals surface area contributed by atoms with Gasteiger partial charge in [-0.05, 0) is 13.8 Å². The summed E-state index contributed by atoms with van der Waals surface area (Å²) in [5.41, 5.74) is -0.315. The summed E-state index contributed by atoms with van der Waals surface area (Å²) in [6.45, 7) is 3.79. The number of carbonyl (C=O) groups excluding carboxylic acids is 1. The minimum absolute atomic E-state index is 0.173. The summed E-state index contributed by atoms with van der Waals surface area (Å²) >= 11 is 3.09. The number of methoxy groups -OCH3 is 1. The number of ketones is 1. The van der Waals surface area contributed by atoms with Crippen LogP contribution in [0.5, 0.6) is 0 Å². The first-order chi connectivity index (χ1) is 4.52. The van der Waals surface area contributed by atoms with Crippen molar-refractivity contribution in [3.8, 4) is 0 Å². The molecule has 0 N–H and O–H groups in total. The van der Waals surface area contributed by atoms with E-state index in [1.807, 2.05) is 13.8 Å². The quantitative estimate of drug-likeness (QED) is 0.659. The monoisotopic (exact) mass is 208 g/mol. The largest absolute Gasteiger partial charge is 0.378 e. The lowest BCUT2D eigenvalue weighted by Gasteiger charge is -2.20. The molecule has 0 bridgehead atoms. The third-order valence-electron chi connectivity index (χ3n) is 1.32. The van der Waals surface area contributed by atoms with Crippen molar-refractivity contribution < 1.29 is 9.53 Å². The van der Waals surface area contributed by atoms with Gasteiger partial charge in [0.2, 0.25) is 0 Å². The number of ether oxygens (including phenoxy) is 1. The SMILES string of the molecule is COC(C)(C)CC(=O)CBr. The summed E-state index contributed by atoms with van der Waals surface area (Å²) in [5, 5.41) is 0.416. The average molecular weight is 209 g/mol. The maximum atomic E-state index is 10.9. The van der Waals surface area contributed by atoms with Gasteiger partial charge in [-0.1, -0.05) is 15.9 Å². The van der Waals surface area contributed by atoms with Crippen molar-refractivity contribution in [1.82, 2.24) is 0 Å². The minimum Gasteiger partial charge on any atom is -0.378 e. The maximum absolute atomic E-state index is 10.9. The summed E-state index contributed by atoms with van der Waals surface area (Å²) in [4.78, 5) is 10.9. The molecule has 0 atom stereocenters. The molecule has 0 aromatic rings. The Morgan fingerprint density at radius 2 is 2.10 bits per heavy atom. The molecule has 0 fully saturated rings. The van der Waals surface area contributed by atoms with Crippen LogP contribution in [0.15, 0.2) is 0 Å². The highest BCUT2D eigenvalue weighted by Gasteiger charge is 2.19. The van der Waals surface area contributed by atoms with Crippen molar-refractivity contribution in [3.63, 3.8) is 0 Å². The molecule has 0 rings (SSSR count). The molecule has 0 radical (unpaired) electrons. The van der Waals surface area contributed by atoms with Gasteiger partial charge in [-0.25, -0.2) is 0 Å². The smallest absolute Gasteiger partial charge is 0.146 e. The molecule has 0 heterocycles. The number of rotatable bonds is 4. The van der Waals surface area contributed by atoms with Crippen LogP contribution in [0, 0.1) is 0 Å². The molecule has 0 amide bonds. The van der Waals surface area contributed by atoms with Gasteiger partial charge >= 0.3 is 0 Å². The van der Waals surface area contributed by atoms with Crippen molar-refractivity contribution in [3.05, 3.63) is 0 Å². The lowest BCUT2D eigenvalue weighted by Crippen LogP contribution is -2.26. The molecule has 0 spiro atoms. The Balaban J connectivity index is 3.76. The van der Waals surface area contributed by atoms with Crippen molar-refractivity contribution in [2.75, 3.05) is 12.4 Å². The van der Waals surface area contributed by atoms with Crippen LogP contribution in [0.25, 0.3) is 0 Å². The van der Waals surface area contributed by atoms with Crippen molar-refractivity contribution in [1.29, 1.82) is 0 Å². The van der Waals surface area contributed by atoms with Gasteiger partial charge in [0.25, 0.3) is 0 Å². The normalized spacial score (nSPS) is 11.6. The number of halogens is 1. The maximum Gasteiger partial charge on any atom is 0.146 e. The third-order valence-corrected chi connectivity index (χ3v) is 1.95. The van der Waals surface area contributed by atoms with Crippen LogP contribution in [0.1, 0.15) is 20.3 Å². The summed E-state index contributed by atoms with van der Waals surface area (Å²) < 4.78 is 5.07. The fraction of sp³-hybridized carbons (Fsp3) is 0.857. The van der Waals surface area contributed by atoms with Crippen LogP contribution in [-0.4, -0.2) is 23.8 Å². The van der Waals surface area contributed by atoms with E-state index in [0.717, 1.165) is 0 Å². The number of Topliss-reactive ketones (excluding diaryl/α,β-unsaturated/α-hetero) is 1. The van der Waals surface area contributed by atoms with E-state index in [1.165, 1.54) is 0 Å². The zero-order valence-corrected chi connectivity index (χ0v) is 8.19. The predicted molar refractivity (Wildman–Crippen MR) is 44.5 cm³/mol. The van der Waals surface area contributed by atoms with Gasteiger partial charge in [-0.2, -0.15) is 0 Å². The lowest BCUT2D eigenvalue weighted by atomic mass is 10.0. The Morgan fingerprint density at radius 3 is 2.40 bits per heavy atom. The minimum atomic E-state index is -0.315. The highest BCUT2D eigenvalue weighted by atomic mass is 79.9. The van der Waals surface area contributed by atoms with E-state index in [9.17, 15) is 4.79 Å². The molecule has 0 aliphatic rings. The molecule has 0 aliphatic heterocycles. The molecule has 0 saturated carbocycles. The number of hydrogen-bond donors (Lipinski definition) is 0. The molecule has 3 heteroatoms. The van der Waals surface area contributed by atoms with Crippen LogP contribution in [0.2, 0.25) is 0 Å². The Kier molecular flexibility index (Phi) is 4.13. The molecule has 2 nitrogen and oxygen atoms in total. The Hall–Kier alpha value is 0.110. The predicted octanol–water partition coefficient (Wildman–Crippen LogP) is 1.77. The van der Waals surface area contributed by atoms with E-state index in [0.29, 0.717) is 11.8 Å². The molecular formula is C7H13BrO2. The van der Waals surface area contributed by atoms with Gasteiger partial charge < -0.3 is 4.74 Å². The first-order valence-corrected chi connectivity index (χ1v) is 4.27. The second kappa shape index (κ2) is 4.09. The number of carbonyl (C=O) groups is 1. The first-order valence-electron chi connectivity index (χ1n) is 3.14. The van der Waals surface area contributed by atoms with Crippen LogP contribution >= 0.6 is 15.9 Å². The van der Waals surface area contributed by atoms with E-state index in [1.54, 1.807) is 7.11 Å². The second-order valence-electron chi connectivity index (χ2n) is 2.81. The highest BCUT2D eigenvalue weighted by Crippen LogP contribution is 2.13. The summed E-state index contributed by atoms with van der Waals surface area (Å²) in [7, 11) is 1.61. The topological polar surface area (TPSA) is 26.3 Å². The van der Waals surface area contributed by atoms with Gasteiger partial charge in [0.15, 0.2) is 0 Å². The number of hydrogen-bond acceptors (Lipinski definition) is 2. The lowest BCUT2D eigenvalue weighted by molar-refractivity contribution is -0.121. The first kappa shape index (κ1) is 10.1. The van der Waals surface area contributed by atoms with Crippen LogP contribution in [0.3, 0.4) is 0 Å². The molecule has 60 valence electrons. The molecule has 0 aromatic heterocycles. The van der Waals surface area contributed by atoms with E-state index >= 15 is 0 Å². The van der Waals surface area contributed by atoms with E-state index in [2.05, 4.69) is 15.9 Å². The second-order valence-corrected chi connectivity index (χ2v) is 3.37. The fourth-order valence-electron chi connectivity index (χ4n) is 0.594. The van der Waals surface area contributed by atoms with Crippen molar-refractivity contribution in [2.24, 2.45) is 0 Å². The summed E-state index contributed by atoms with van der Waals surface area (Å²) in [6.07, 6.45) is 0.467. The van der Waals surface area contributed by atoms with E-state index < -0.39 is 0 Å². The zero-order chi connectivity index (χ0) is 8.20. The van der Waals surface area contributed by atoms with Gasteiger partial charge in [-0.15, -0.1) is 0 Å². The van der Waals surface area contributed by atoms with Crippen LogP contribution in [-0.2, 0) is 9.53 Å². The third kappa shape index (κ3) is 4.01.